The van der Waals surface area contributed by atoms with Crippen molar-refractivity contribution in [1.29, 1.82) is 0 Å². The Labute approximate surface area is 94.1 Å². The molecule has 0 saturated carbocycles. The first kappa shape index (κ1) is 10.8. The summed E-state index contributed by atoms with van der Waals surface area (Å²) >= 11 is 0. The molecule has 0 atom stereocenters. The Kier molecular flexibility index (Phi) is 2.75. The van der Waals surface area contributed by atoms with Crippen molar-refractivity contribution in [3.05, 3.63) is 23.8 Å². The Bertz CT molecular complexity index is 503. The van der Waals surface area contributed by atoms with E-state index in [-0.39, 0.29) is 11.6 Å². The first-order valence-electron chi connectivity index (χ1n) is 5.26. The van der Waals surface area contributed by atoms with Gasteiger partial charge >= 0.3 is 0 Å². The molecular formula is C12H16N2O2. The Balaban J connectivity index is 2.46. The van der Waals surface area contributed by atoms with Crippen LogP contribution in [-0.4, -0.2) is 40.7 Å². The smallest absolute Gasteiger partial charge is 0.192 e. The molecule has 2 rings (SSSR count). The fourth-order valence-electron chi connectivity index (χ4n) is 1.86. The van der Waals surface area contributed by atoms with Crippen LogP contribution in [-0.2, 0) is 6.42 Å². The lowest BCUT2D eigenvalue weighted by Crippen LogP contribution is -2.14. The SMILES string of the molecule is CN(C)CCc1c(O)[nH]c2cccc(O)c12. The molecule has 0 aliphatic rings. The maximum Gasteiger partial charge on any atom is 0.192 e. The van der Waals surface area contributed by atoms with Crippen molar-refractivity contribution in [3.63, 3.8) is 0 Å². The molecule has 0 unspecified atom stereocenters. The van der Waals surface area contributed by atoms with E-state index in [9.17, 15) is 10.2 Å². The van der Waals surface area contributed by atoms with Gasteiger partial charge in [0.1, 0.15) is 5.75 Å². The third kappa shape index (κ3) is 1.84. The summed E-state index contributed by atoms with van der Waals surface area (Å²) in [4.78, 5) is 4.91. The van der Waals surface area contributed by atoms with Gasteiger partial charge in [0.2, 0.25) is 0 Å². The normalized spacial score (nSPS) is 11.4. The van der Waals surface area contributed by atoms with Crippen LogP contribution in [0.3, 0.4) is 0 Å². The molecule has 1 aromatic carbocycles. The van der Waals surface area contributed by atoms with Gasteiger partial charge < -0.3 is 20.1 Å². The molecule has 1 aromatic heterocycles. The number of phenols is 1. The van der Waals surface area contributed by atoms with Crippen LogP contribution in [0.15, 0.2) is 18.2 Å². The molecule has 4 heteroatoms. The number of aromatic amines is 1. The van der Waals surface area contributed by atoms with Gasteiger partial charge in [-0.15, -0.1) is 0 Å². The summed E-state index contributed by atoms with van der Waals surface area (Å²) in [5.41, 5.74) is 1.55. The lowest BCUT2D eigenvalue weighted by Gasteiger charge is -2.08. The summed E-state index contributed by atoms with van der Waals surface area (Å²) in [6.07, 6.45) is 0.705. The van der Waals surface area contributed by atoms with Crippen LogP contribution in [0.5, 0.6) is 11.6 Å². The molecule has 0 aliphatic carbocycles. The number of hydrogen-bond donors (Lipinski definition) is 3. The van der Waals surface area contributed by atoms with Crippen LogP contribution < -0.4 is 0 Å². The van der Waals surface area contributed by atoms with E-state index in [1.54, 1.807) is 12.1 Å². The van der Waals surface area contributed by atoms with E-state index in [1.165, 1.54) is 0 Å². The van der Waals surface area contributed by atoms with E-state index in [0.717, 1.165) is 23.0 Å². The first-order chi connectivity index (χ1) is 7.59. The quantitative estimate of drug-likeness (QED) is 0.737. The topological polar surface area (TPSA) is 59.5 Å². The molecular weight excluding hydrogens is 204 g/mol. The van der Waals surface area contributed by atoms with Gasteiger partial charge in [-0.3, -0.25) is 0 Å². The van der Waals surface area contributed by atoms with Crippen molar-refractivity contribution in [2.75, 3.05) is 20.6 Å². The summed E-state index contributed by atoms with van der Waals surface area (Å²) in [5.74, 6) is 0.362. The standard InChI is InChI=1S/C12H16N2O2/c1-14(2)7-6-8-11-9(13-12(8)16)4-3-5-10(11)15/h3-5,13,15-16H,6-7H2,1-2H3. The van der Waals surface area contributed by atoms with Crippen molar-refractivity contribution in [2.24, 2.45) is 0 Å². The summed E-state index contributed by atoms with van der Waals surface area (Å²) in [6.45, 7) is 0.828. The van der Waals surface area contributed by atoms with Crippen LogP contribution in [0.25, 0.3) is 10.9 Å². The number of benzene rings is 1. The van der Waals surface area contributed by atoms with Crippen LogP contribution in [0.4, 0.5) is 0 Å². The van der Waals surface area contributed by atoms with E-state index >= 15 is 0 Å². The second-order valence-electron chi connectivity index (χ2n) is 4.21. The highest BCUT2D eigenvalue weighted by Gasteiger charge is 2.13. The molecule has 2 aromatic rings. The van der Waals surface area contributed by atoms with Crippen LogP contribution in [0.1, 0.15) is 5.56 Å². The van der Waals surface area contributed by atoms with Gasteiger partial charge in [0.15, 0.2) is 5.88 Å². The van der Waals surface area contributed by atoms with Crippen molar-refractivity contribution in [3.8, 4) is 11.6 Å². The number of phenolic OH excluding ortho intramolecular Hbond substituents is 1. The molecule has 0 radical (unpaired) electrons. The van der Waals surface area contributed by atoms with Gasteiger partial charge in [-0.1, -0.05) is 6.07 Å². The van der Waals surface area contributed by atoms with E-state index in [1.807, 2.05) is 25.1 Å². The van der Waals surface area contributed by atoms with Crippen molar-refractivity contribution >= 4 is 10.9 Å². The minimum atomic E-state index is 0.151. The number of nitrogens with zero attached hydrogens (tertiary/aromatic N) is 1. The molecule has 0 fully saturated rings. The average molecular weight is 220 g/mol. The number of rotatable bonds is 3. The Morgan fingerprint density at radius 3 is 2.69 bits per heavy atom. The summed E-state index contributed by atoms with van der Waals surface area (Å²) in [5, 5.41) is 20.3. The molecule has 1 heterocycles. The molecule has 3 N–H and O–H groups in total. The zero-order chi connectivity index (χ0) is 11.7. The zero-order valence-corrected chi connectivity index (χ0v) is 9.49. The molecule has 0 amide bonds. The molecule has 0 spiro atoms. The molecule has 0 aliphatic heterocycles. The number of aromatic nitrogens is 1. The second kappa shape index (κ2) is 4.06. The first-order valence-corrected chi connectivity index (χ1v) is 5.26. The zero-order valence-electron chi connectivity index (χ0n) is 9.49. The van der Waals surface area contributed by atoms with Gasteiger partial charge in [0.05, 0.1) is 5.52 Å². The fourth-order valence-corrected chi connectivity index (χ4v) is 1.86. The Hall–Kier alpha value is -1.68. The Morgan fingerprint density at radius 2 is 2.00 bits per heavy atom. The Morgan fingerprint density at radius 1 is 1.25 bits per heavy atom. The fraction of sp³-hybridized carbons (Fsp3) is 0.333. The number of aromatic hydroxyl groups is 2. The minimum Gasteiger partial charge on any atom is -0.507 e. The van der Waals surface area contributed by atoms with Crippen molar-refractivity contribution in [2.45, 2.75) is 6.42 Å². The number of H-pyrrole nitrogens is 1. The maximum absolute atomic E-state index is 9.79. The van der Waals surface area contributed by atoms with Gasteiger partial charge in [-0.2, -0.15) is 0 Å². The number of likely N-dealkylation sites (N-methyl/N-ethyl adjacent to an activating group) is 1. The highest BCUT2D eigenvalue weighted by molar-refractivity contribution is 5.91. The van der Waals surface area contributed by atoms with Gasteiger partial charge in [0.25, 0.3) is 0 Å². The van der Waals surface area contributed by atoms with Gasteiger partial charge in [0, 0.05) is 17.5 Å². The number of hydrogen-bond acceptors (Lipinski definition) is 3. The maximum atomic E-state index is 9.79. The highest BCUT2D eigenvalue weighted by Crippen LogP contribution is 2.33. The van der Waals surface area contributed by atoms with Crippen molar-refractivity contribution in [1.82, 2.24) is 9.88 Å². The molecule has 0 bridgehead atoms. The summed E-state index contributed by atoms with van der Waals surface area (Å²) in [7, 11) is 3.96. The number of nitrogens with one attached hydrogen (secondary N) is 1. The lowest BCUT2D eigenvalue weighted by molar-refractivity contribution is 0.404. The van der Waals surface area contributed by atoms with Crippen molar-refractivity contribution < 1.29 is 10.2 Å². The highest BCUT2D eigenvalue weighted by atomic mass is 16.3. The predicted octanol–water partition coefficient (Wildman–Crippen LogP) is 1.68. The average Bonchev–Trinajstić information content (AvgIpc) is 2.52. The molecule has 0 saturated heterocycles. The number of fused-ring (bicyclic) bond motifs is 1. The minimum absolute atomic E-state index is 0.151. The monoisotopic (exact) mass is 220 g/mol. The van der Waals surface area contributed by atoms with E-state index in [4.69, 9.17) is 0 Å². The molecule has 86 valence electrons. The van der Waals surface area contributed by atoms with E-state index in [2.05, 4.69) is 4.98 Å². The van der Waals surface area contributed by atoms with Gasteiger partial charge in [-0.25, -0.2) is 0 Å². The third-order valence-corrected chi connectivity index (χ3v) is 2.69. The van der Waals surface area contributed by atoms with Gasteiger partial charge in [-0.05, 0) is 32.6 Å². The van der Waals surface area contributed by atoms with Crippen LogP contribution >= 0.6 is 0 Å². The lowest BCUT2D eigenvalue weighted by atomic mass is 10.1. The summed E-state index contributed by atoms with van der Waals surface area (Å²) in [6, 6.07) is 5.23. The largest absolute Gasteiger partial charge is 0.507 e. The van der Waals surface area contributed by atoms with E-state index in [0.29, 0.717) is 6.42 Å². The summed E-state index contributed by atoms with van der Waals surface area (Å²) < 4.78 is 0. The molecule has 4 nitrogen and oxygen atoms in total. The van der Waals surface area contributed by atoms with E-state index < -0.39 is 0 Å². The third-order valence-electron chi connectivity index (χ3n) is 2.69. The van der Waals surface area contributed by atoms with Crippen LogP contribution in [0, 0.1) is 0 Å². The molecule has 16 heavy (non-hydrogen) atoms. The van der Waals surface area contributed by atoms with Crippen LogP contribution in [0.2, 0.25) is 0 Å². The predicted molar refractivity (Wildman–Crippen MR) is 63.9 cm³/mol. The second-order valence-corrected chi connectivity index (χ2v) is 4.21.